The molecule has 0 radical (unpaired) electrons. The van der Waals surface area contributed by atoms with Gasteiger partial charge in [-0.15, -0.1) is 10.2 Å². The summed E-state index contributed by atoms with van der Waals surface area (Å²) in [4.78, 5) is 0. The number of ether oxygens (including phenoxy) is 1. The molecular formula is C17H16BrFN4OS. The molecular weight excluding hydrogens is 407 g/mol. The van der Waals surface area contributed by atoms with E-state index in [1.807, 2.05) is 24.3 Å². The number of thioether (sulfide) groups is 1. The molecule has 25 heavy (non-hydrogen) atoms. The lowest BCUT2D eigenvalue weighted by atomic mass is 10.2. The van der Waals surface area contributed by atoms with E-state index in [1.54, 1.807) is 12.1 Å². The maximum Gasteiger partial charge on any atom is 0.210 e. The van der Waals surface area contributed by atoms with E-state index < -0.39 is 0 Å². The zero-order valence-corrected chi connectivity index (χ0v) is 15.6. The Morgan fingerprint density at radius 2 is 1.88 bits per heavy atom. The molecule has 8 heteroatoms. The van der Waals surface area contributed by atoms with Crippen LogP contribution in [-0.2, 0) is 0 Å². The molecule has 0 bridgehead atoms. The second-order valence-corrected chi connectivity index (χ2v) is 7.08. The topological polar surface area (TPSA) is 66.0 Å². The van der Waals surface area contributed by atoms with Gasteiger partial charge in [0.1, 0.15) is 11.6 Å². The number of aromatic nitrogens is 3. The van der Waals surface area contributed by atoms with E-state index in [1.165, 1.54) is 28.6 Å². The lowest BCUT2D eigenvalue weighted by Crippen LogP contribution is -2.12. The average molecular weight is 423 g/mol. The van der Waals surface area contributed by atoms with Crippen LogP contribution in [0.3, 0.4) is 0 Å². The van der Waals surface area contributed by atoms with Crippen LogP contribution in [0, 0.1) is 5.82 Å². The van der Waals surface area contributed by atoms with Crippen LogP contribution in [0.2, 0.25) is 0 Å². The van der Waals surface area contributed by atoms with E-state index in [9.17, 15) is 4.39 Å². The number of nitrogens with two attached hydrogens (primary N) is 1. The minimum Gasteiger partial charge on any atom is -0.494 e. The third-order valence-corrected chi connectivity index (χ3v) is 5.10. The number of benzene rings is 2. The van der Waals surface area contributed by atoms with Gasteiger partial charge in [0, 0.05) is 15.8 Å². The van der Waals surface area contributed by atoms with Gasteiger partial charge in [0.25, 0.3) is 0 Å². The molecule has 0 fully saturated rings. The van der Waals surface area contributed by atoms with Crippen LogP contribution in [-0.4, -0.2) is 27.2 Å². The van der Waals surface area contributed by atoms with E-state index in [4.69, 9.17) is 10.6 Å². The summed E-state index contributed by atoms with van der Waals surface area (Å²) >= 11 is 5.01. The van der Waals surface area contributed by atoms with E-state index in [0.29, 0.717) is 23.3 Å². The number of hydrogen-bond donors (Lipinski definition) is 1. The van der Waals surface area contributed by atoms with E-state index in [2.05, 4.69) is 26.1 Å². The molecule has 3 rings (SSSR count). The Labute approximate surface area is 157 Å². The Bertz CT molecular complexity index is 841. The molecule has 0 spiro atoms. The number of halogens is 2. The first-order chi connectivity index (χ1) is 12.1. The summed E-state index contributed by atoms with van der Waals surface area (Å²) in [6.07, 6.45) is 0.805. The minimum atomic E-state index is -0.272. The van der Waals surface area contributed by atoms with Gasteiger partial charge in [-0.25, -0.2) is 9.07 Å². The average Bonchev–Trinajstić information content (AvgIpc) is 2.97. The monoisotopic (exact) mass is 422 g/mol. The predicted molar refractivity (Wildman–Crippen MR) is 101 cm³/mol. The fraction of sp³-hybridized carbons (Fsp3) is 0.176. The van der Waals surface area contributed by atoms with Crippen molar-refractivity contribution < 1.29 is 9.13 Å². The highest BCUT2D eigenvalue weighted by Gasteiger charge is 2.14. The molecule has 0 saturated heterocycles. The Kier molecular flexibility index (Phi) is 5.93. The summed E-state index contributed by atoms with van der Waals surface area (Å²) in [6, 6.07) is 13.7. The second-order valence-electron chi connectivity index (χ2n) is 5.16. The summed E-state index contributed by atoms with van der Waals surface area (Å²) < 4.78 is 20.8. The van der Waals surface area contributed by atoms with E-state index in [0.717, 1.165) is 22.2 Å². The molecule has 2 N–H and O–H groups in total. The van der Waals surface area contributed by atoms with Gasteiger partial charge in [-0.2, -0.15) is 0 Å². The van der Waals surface area contributed by atoms with Crippen LogP contribution in [0.25, 0.3) is 11.4 Å². The molecule has 1 heterocycles. The Morgan fingerprint density at radius 3 is 2.64 bits per heavy atom. The first-order valence-corrected chi connectivity index (χ1v) is 9.39. The molecule has 2 aromatic carbocycles. The fourth-order valence-electron chi connectivity index (χ4n) is 2.14. The molecule has 130 valence electrons. The molecule has 0 amide bonds. The summed E-state index contributed by atoms with van der Waals surface area (Å²) in [5, 5.41) is 8.96. The number of nitrogens with zero attached hydrogens (tertiary/aromatic N) is 3. The van der Waals surface area contributed by atoms with Crippen LogP contribution in [0.1, 0.15) is 6.42 Å². The van der Waals surface area contributed by atoms with Crippen molar-refractivity contribution >= 4 is 27.7 Å². The van der Waals surface area contributed by atoms with Crippen molar-refractivity contribution in [3.05, 3.63) is 58.8 Å². The lowest BCUT2D eigenvalue weighted by Gasteiger charge is -2.06. The van der Waals surface area contributed by atoms with Gasteiger partial charge in [0.2, 0.25) is 5.16 Å². The largest absolute Gasteiger partial charge is 0.494 e. The highest BCUT2D eigenvalue weighted by molar-refractivity contribution is 9.10. The highest BCUT2D eigenvalue weighted by atomic mass is 79.9. The molecule has 0 atom stereocenters. The molecule has 0 unspecified atom stereocenters. The van der Waals surface area contributed by atoms with Crippen molar-refractivity contribution in [1.29, 1.82) is 0 Å². The van der Waals surface area contributed by atoms with Crippen LogP contribution in [0.5, 0.6) is 5.75 Å². The smallest absolute Gasteiger partial charge is 0.210 e. The SMILES string of the molecule is Nn1c(SCCCOc2ccc(F)cc2)nnc1-c1ccccc1Br. The highest BCUT2D eigenvalue weighted by Crippen LogP contribution is 2.28. The summed E-state index contributed by atoms with van der Waals surface area (Å²) in [5.41, 5.74) is 0.893. The zero-order chi connectivity index (χ0) is 17.6. The molecule has 1 aromatic heterocycles. The Balaban J connectivity index is 1.51. The molecule has 0 aliphatic carbocycles. The molecule has 0 aliphatic rings. The number of rotatable bonds is 7. The summed E-state index contributed by atoms with van der Waals surface area (Å²) in [6.45, 7) is 0.536. The minimum absolute atomic E-state index is 0.272. The Hall–Kier alpha value is -2.06. The summed E-state index contributed by atoms with van der Waals surface area (Å²) in [5.74, 6) is 7.89. The van der Waals surface area contributed by atoms with Gasteiger partial charge in [0.05, 0.1) is 6.61 Å². The van der Waals surface area contributed by atoms with Crippen LogP contribution in [0.4, 0.5) is 4.39 Å². The third kappa shape index (κ3) is 4.52. The van der Waals surface area contributed by atoms with Crippen molar-refractivity contribution in [3.63, 3.8) is 0 Å². The molecule has 5 nitrogen and oxygen atoms in total. The van der Waals surface area contributed by atoms with Crippen molar-refractivity contribution in [2.24, 2.45) is 0 Å². The van der Waals surface area contributed by atoms with Crippen molar-refractivity contribution in [2.75, 3.05) is 18.2 Å². The third-order valence-electron chi connectivity index (χ3n) is 3.38. The van der Waals surface area contributed by atoms with Gasteiger partial charge in [-0.1, -0.05) is 39.8 Å². The first kappa shape index (κ1) is 17.8. The fourth-order valence-corrected chi connectivity index (χ4v) is 3.38. The quantitative estimate of drug-likeness (QED) is 0.352. The van der Waals surface area contributed by atoms with E-state index >= 15 is 0 Å². The molecule has 0 saturated carbocycles. The second kappa shape index (κ2) is 8.35. The van der Waals surface area contributed by atoms with Crippen LogP contribution >= 0.6 is 27.7 Å². The van der Waals surface area contributed by atoms with Gasteiger partial charge in [-0.05, 0) is 42.8 Å². The number of nitrogen functional groups attached to an aromatic ring is 1. The maximum absolute atomic E-state index is 12.8. The van der Waals surface area contributed by atoms with Crippen molar-refractivity contribution in [3.8, 4) is 17.1 Å². The Morgan fingerprint density at radius 1 is 1.12 bits per heavy atom. The van der Waals surface area contributed by atoms with Crippen LogP contribution < -0.4 is 10.6 Å². The maximum atomic E-state index is 12.8. The van der Waals surface area contributed by atoms with Crippen LogP contribution in [0.15, 0.2) is 58.2 Å². The van der Waals surface area contributed by atoms with Crippen molar-refractivity contribution in [1.82, 2.24) is 14.9 Å². The van der Waals surface area contributed by atoms with Gasteiger partial charge in [-0.3, -0.25) is 0 Å². The lowest BCUT2D eigenvalue weighted by molar-refractivity contribution is 0.318. The summed E-state index contributed by atoms with van der Waals surface area (Å²) in [7, 11) is 0. The van der Waals surface area contributed by atoms with Gasteiger partial charge >= 0.3 is 0 Å². The molecule has 0 aliphatic heterocycles. The van der Waals surface area contributed by atoms with Gasteiger partial charge < -0.3 is 10.6 Å². The van der Waals surface area contributed by atoms with E-state index in [-0.39, 0.29) is 5.82 Å². The van der Waals surface area contributed by atoms with Gasteiger partial charge in [0.15, 0.2) is 5.82 Å². The molecule has 3 aromatic rings. The number of hydrogen-bond acceptors (Lipinski definition) is 5. The predicted octanol–water partition coefficient (Wildman–Crippen LogP) is 4.12. The van der Waals surface area contributed by atoms with Crippen molar-refractivity contribution in [2.45, 2.75) is 11.6 Å². The first-order valence-electron chi connectivity index (χ1n) is 7.61. The normalized spacial score (nSPS) is 10.8. The zero-order valence-electron chi connectivity index (χ0n) is 13.2. The standard InChI is InChI=1S/C17H16BrFN4OS/c18-15-5-2-1-4-14(15)16-21-22-17(23(16)20)25-11-3-10-24-13-8-6-12(19)7-9-13/h1-2,4-9H,3,10-11,20H2.